The van der Waals surface area contributed by atoms with E-state index in [9.17, 15) is 4.79 Å². The number of rotatable bonds is 5. The molecular weight excluding hydrogens is 356 g/mol. The van der Waals surface area contributed by atoms with Crippen molar-refractivity contribution in [2.24, 2.45) is 0 Å². The van der Waals surface area contributed by atoms with Crippen LogP contribution in [0.15, 0.2) is 72.8 Å². The molecule has 0 saturated heterocycles. The van der Waals surface area contributed by atoms with Crippen molar-refractivity contribution in [3.05, 3.63) is 95.1 Å². The molecule has 0 N–H and O–H groups in total. The maximum atomic E-state index is 12.4. The Balaban J connectivity index is 1.69. The van der Waals surface area contributed by atoms with Gasteiger partial charge in [0.1, 0.15) is 0 Å². The number of ether oxygens (including phenoxy) is 1. The molecule has 0 bridgehead atoms. The Morgan fingerprint density at radius 2 is 1.55 bits per heavy atom. The Labute approximate surface area is 172 Å². The van der Waals surface area contributed by atoms with Crippen molar-refractivity contribution in [1.29, 1.82) is 0 Å². The highest BCUT2D eigenvalue weighted by Gasteiger charge is 2.21. The van der Waals surface area contributed by atoms with Crippen LogP contribution < -0.4 is 0 Å². The van der Waals surface area contributed by atoms with Gasteiger partial charge in [-0.2, -0.15) is 0 Å². The Bertz CT molecular complexity index is 1060. The molecule has 4 rings (SSSR count). The second-order valence-corrected chi connectivity index (χ2v) is 7.91. The van der Waals surface area contributed by atoms with Crippen LogP contribution in [0.25, 0.3) is 22.3 Å². The van der Waals surface area contributed by atoms with Crippen LogP contribution in [0.2, 0.25) is 0 Å². The van der Waals surface area contributed by atoms with Gasteiger partial charge in [-0.1, -0.05) is 80.6 Å². The molecule has 0 fully saturated rings. The highest BCUT2D eigenvalue weighted by molar-refractivity contribution is 6.00. The van der Waals surface area contributed by atoms with Gasteiger partial charge in [0.25, 0.3) is 0 Å². The molecule has 0 saturated carbocycles. The van der Waals surface area contributed by atoms with Crippen LogP contribution in [-0.2, 0) is 17.6 Å². The molecule has 0 radical (unpaired) electrons. The van der Waals surface area contributed by atoms with Crippen molar-refractivity contribution in [1.82, 2.24) is 0 Å². The lowest BCUT2D eigenvalue weighted by Crippen LogP contribution is -2.00. The molecule has 4 aliphatic rings. The highest BCUT2D eigenvalue weighted by Crippen LogP contribution is 2.35. The molecule has 0 atom stereocenters. The lowest BCUT2D eigenvalue weighted by molar-refractivity contribution is 0.0602. The average Bonchev–Trinajstić information content (AvgIpc) is 3.06. The summed E-state index contributed by atoms with van der Waals surface area (Å²) in [6.45, 7) is 4.34. The van der Waals surface area contributed by atoms with E-state index in [0.717, 1.165) is 24.0 Å². The molecule has 2 heteroatoms. The van der Waals surface area contributed by atoms with E-state index in [2.05, 4.69) is 80.6 Å². The normalized spacial score (nSPS) is 11.3. The van der Waals surface area contributed by atoms with Crippen LogP contribution in [-0.4, -0.2) is 13.1 Å². The van der Waals surface area contributed by atoms with Gasteiger partial charge in [-0.05, 0) is 63.8 Å². The van der Waals surface area contributed by atoms with Crippen LogP contribution in [0.5, 0.6) is 0 Å². The fraction of sp³-hybridized carbons (Fsp3) is 0.222. The molecule has 4 aliphatic carbocycles. The standard InChI is InChI=1S/C27H26O2/c1-18(2)20-10-7-11-24-23(17-26(25(24)16-20)27(28)29-3)13-12-19-14-21-8-5-4-6-9-22(21)15-19/h4-11,14-18H,12-13H2,1-3H3. The Kier molecular flexibility index (Phi) is 5.35. The zero-order chi connectivity index (χ0) is 20.4. The predicted octanol–water partition coefficient (Wildman–Crippen LogP) is 6.59. The summed E-state index contributed by atoms with van der Waals surface area (Å²) in [5.74, 6) is 0.126. The van der Waals surface area contributed by atoms with E-state index in [1.165, 1.54) is 34.9 Å². The summed E-state index contributed by atoms with van der Waals surface area (Å²) in [5.41, 5.74) is 9.06. The molecule has 0 aromatic rings. The number of methoxy groups -OCH3 is 1. The predicted molar refractivity (Wildman–Crippen MR) is 119 cm³/mol. The second-order valence-electron chi connectivity index (χ2n) is 7.91. The molecule has 29 heavy (non-hydrogen) atoms. The van der Waals surface area contributed by atoms with Crippen molar-refractivity contribution < 1.29 is 9.53 Å². The summed E-state index contributed by atoms with van der Waals surface area (Å²) < 4.78 is 5.06. The Morgan fingerprint density at radius 3 is 2.21 bits per heavy atom. The summed E-state index contributed by atoms with van der Waals surface area (Å²) in [5, 5.41) is 0. The molecule has 0 spiro atoms. The van der Waals surface area contributed by atoms with Crippen molar-refractivity contribution in [3.63, 3.8) is 0 Å². The average molecular weight is 383 g/mol. The van der Waals surface area contributed by atoms with Gasteiger partial charge in [-0.15, -0.1) is 0 Å². The smallest absolute Gasteiger partial charge is 0.338 e. The monoisotopic (exact) mass is 382 g/mol. The van der Waals surface area contributed by atoms with Gasteiger partial charge in [0.2, 0.25) is 0 Å². The Hall–Kier alpha value is -3.13. The van der Waals surface area contributed by atoms with Gasteiger partial charge < -0.3 is 4.74 Å². The van der Waals surface area contributed by atoms with Crippen molar-refractivity contribution >= 4 is 5.97 Å². The van der Waals surface area contributed by atoms with Gasteiger partial charge in [0.05, 0.1) is 12.7 Å². The lowest BCUT2D eigenvalue weighted by atomic mass is 10.0. The largest absolute Gasteiger partial charge is 0.465 e. The number of carbonyl (C=O) groups excluding carboxylic acids is 1. The number of carbonyl (C=O) groups is 1. The van der Waals surface area contributed by atoms with E-state index in [0.29, 0.717) is 11.5 Å². The molecule has 0 heterocycles. The van der Waals surface area contributed by atoms with E-state index in [1.807, 2.05) is 6.07 Å². The lowest BCUT2D eigenvalue weighted by Gasteiger charge is -2.05. The molecule has 2 nitrogen and oxygen atoms in total. The third-order valence-corrected chi connectivity index (χ3v) is 5.65. The van der Waals surface area contributed by atoms with Crippen LogP contribution in [0.4, 0.5) is 0 Å². The SMILES string of the molecule is COC(=O)c1cc(CCc2cc3cccccc-3c2)c2cccc(C(C)C)cc1-2. The zero-order valence-corrected chi connectivity index (χ0v) is 17.2. The minimum atomic E-state index is -0.270. The van der Waals surface area contributed by atoms with Crippen LogP contribution in [0.1, 0.15) is 46.8 Å². The first-order chi connectivity index (χ1) is 14.1. The molecule has 0 aromatic heterocycles. The van der Waals surface area contributed by atoms with E-state index < -0.39 is 0 Å². The first-order valence-electron chi connectivity index (χ1n) is 10.2. The van der Waals surface area contributed by atoms with Gasteiger partial charge in [-0.3, -0.25) is 0 Å². The van der Waals surface area contributed by atoms with Crippen molar-refractivity contribution in [3.8, 4) is 22.3 Å². The van der Waals surface area contributed by atoms with Crippen molar-refractivity contribution in [2.45, 2.75) is 32.6 Å². The summed E-state index contributed by atoms with van der Waals surface area (Å²) in [6.07, 6.45) is 1.82. The summed E-state index contributed by atoms with van der Waals surface area (Å²) in [7, 11) is 1.45. The number of aryl methyl sites for hydroxylation is 2. The summed E-state index contributed by atoms with van der Waals surface area (Å²) >= 11 is 0. The third kappa shape index (κ3) is 3.88. The number of fused-ring (bicyclic) bond motifs is 2. The third-order valence-electron chi connectivity index (χ3n) is 5.65. The maximum Gasteiger partial charge on any atom is 0.338 e. The molecule has 0 aliphatic heterocycles. The fourth-order valence-corrected chi connectivity index (χ4v) is 4.02. The fourth-order valence-electron chi connectivity index (χ4n) is 4.02. The van der Waals surface area contributed by atoms with Crippen LogP contribution >= 0.6 is 0 Å². The molecular formula is C27H26O2. The number of hydrogen-bond acceptors (Lipinski definition) is 2. The minimum absolute atomic E-state index is 0.270. The quantitative estimate of drug-likeness (QED) is 0.364. The molecule has 0 unspecified atom stereocenters. The van der Waals surface area contributed by atoms with E-state index >= 15 is 0 Å². The number of esters is 1. The topological polar surface area (TPSA) is 26.3 Å². The maximum absolute atomic E-state index is 12.4. The molecule has 0 amide bonds. The van der Waals surface area contributed by atoms with E-state index in [4.69, 9.17) is 4.74 Å². The van der Waals surface area contributed by atoms with Crippen LogP contribution in [0, 0.1) is 0 Å². The highest BCUT2D eigenvalue weighted by atomic mass is 16.5. The summed E-state index contributed by atoms with van der Waals surface area (Å²) in [6, 6.07) is 25.6. The second kappa shape index (κ2) is 8.08. The summed E-state index contributed by atoms with van der Waals surface area (Å²) in [4.78, 5) is 12.4. The molecule has 0 aromatic carbocycles. The minimum Gasteiger partial charge on any atom is -0.465 e. The first-order valence-corrected chi connectivity index (χ1v) is 10.2. The van der Waals surface area contributed by atoms with Gasteiger partial charge in [0, 0.05) is 0 Å². The van der Waals surface area contributed by atoms with E-state index in [1.54, 1.807) is 0 Å². The molecule has 146 valence electrons. The zero-order valence-electron chi connectivity index (χ0n) is 17.2. The van der Waals surface area contributed by atoms with Gasteiger partial charge in [-0.25, -0.2) is 4.79 Å². The van der Waals surface area contributed by atoms with Crippen molar-refractivity contribution in [2.75, 3.05) is 7.11 Å². The first kappa shape index (κ1) is 19.2. The van der Waals surface area contributed by atoms with Crippen LogP contribution in [0.3, 0.4) is 0 Å². The number of hydrogen-bond donors (Lipinski definition) is 0. The van der Waals surface area contributed by atoms with Gasteiger partial charge >= 0.3 is 5.97 Å². The van der Waals surface area contributed by atoms with E-state index in [-0.39, 0.29) is 5.97 Å². The Morgan fingerprint density at radius 1 is 0.828 bits per heavy atom. The van der Waals surface area contributed by atoms with Gasteiger partial charge in [0.15, 0.2) is 0 Å².